The SMILES string of the molecule is Cc1cc(NC(=O)Nc2cc(C)c(N=Nc3cc(S(=O)(=O)[O-])c4cccc(S(=O)(=O)[O-])c4c3)cc2C)c(C)cc1N=Nc1cc(S(=O)(=O)[O-])c2cccc(S(=O)(=O)[O-])c2c1.[Na+].[Na+].[Na+].[Na+]. The standard InChI is InChI=1S/C37H32N6O13S4.4Na/c1-19-13-31(42-40-23-15-27-25(35(17-23)59(51,52)53)7-5-9-33(27)57(45,46)47)21(3)11-29(19)38-37(44)39-30-12-22(4)32(14-20(30)2)43-41-24-16-28-26(36(18-24)60(54,55)56)8-6-10-34(28)58(48,49)50;;;;/h5-18H,1-4H3,(H2,38,39,44)(H,45,46,47)(H,48,49,50)(H,51,52,53)(H,54,55,56);;;;/q;4*+1/p-4. The first kappa shape index (κ1) is 58.1. The number of azo groups is 2. The molecule has 0 atom stereocenters. The molecule has 0 aliphatic heterocycles. The van der Waals surface area contributed by atoms with Gasteiger partial charge in [-0.1, -0.05) is 24.3 Å². The van der Waals surface area contributed by atoms with Crippen molar-refractivity contribution in [2.24, 2.45) is 20.5 Å². The third-order valence-corrected chi connectivity index (χ3v) is 12.6. The third kappa shape index (κ3) is 13.6. The average molecular weight is 985 g/mol. The summed E-state index contributed by atoms with van der Waals surface area (Å²) in [5.74, 6) is 0. The molecule has 312 valence electrons. The molecule has 6 rings (SSSR count). The molecule has 64 heavy (non-hydrogen) atoms. The van der Waals surface area contributed by atoms with Crippen molar-refractivity contribution in [2.45, 2.75) is 47.3 Å². The second kappa shape index (κ2) is 22.4. The molecule has 6 aromatic carbocycles. The smallest absolute Gasteiger partial charge is 0.744 e. The molecule has 2 amide bonds. The zero-order chi connectivity index (χ0) is 44.1. The fraction of sp³-hybridized carbons (Fsp3) is 0.108. The van der Waals surface area contributed by atoms with Crippen LogP contribution in [0.25, 0.3) is 21.5 Å². The number of carbonyl (C=O) groups excluding carboxylic acids is 1. The van der Waals surface area contributed by atoms with Crippen LogP contribution in [-0.4, -0.2) is 57.9 Å². The molecule has 0 heterocycles. The average Bonchev–Trinajstić information content (AvgIpc) is 3.13. The summed E-state index contributed by atoms with van der Waals surface area (Å²) in [5.41, 5.74) is 2.78. The van der Waals surface area contributed by atoms with Crippen LogP contribution in [0.4, 0.5) is 38.9 Å². The van der Waals surface area contributed by atoms with Gasteiger partial charge in [-0.2, -0.15) is 20.5 Å². The van der Waals surface area contributed by atoms with Crippen LogP contribution in [0, 0.1) is 27.7 Å². The van der Waals surface area contributed by atoms with Gasteiger partial charge in [-0.3, -0.25) is 0 Å². The zero-order valence-electron chi connectivity index (χ0n) is 35.3. The van der Waals surface area contributed by atoms with Gasteiger partial charge in [0.15, 0.2) is 0 Å². The van der Waals surface area contributed by atoms with E-state index < -0.39 is 66.1 Å². The van der Waals surface area contributed by atoms with Crippen molar-refractivity contribution in [3.05, 3.63) is 107 Å². The summed E-state index contributed by atoms with van der Waals surface area (Å²) in [4.78, 5) is 10.1. The van der Waals surface area contributed by atoms with Gasteiger partial charge in [0.2, 0.25) is 0 Å². The van der Waals surface area contributed by atoms with E-state index in [-0.39, 0.29) is 163 Å². The molecule has 0 unspecified atom stereocenters. The number of aryl methyl sites for hydroxylation is 4. The van der Waals surface area contributed by atoms with E-state index in [1.807, 2.05) is 0 Å². The van der Waals surface area contributed by atoms with Gasteiger partial charge in [0.05, 0.1) is 42.3 Å². The Morgan fingerprint density at radius 1 is 0.422 bits per heavy atom. The number of rotatable bonds is 10. The number of amides is 2. The van der Waals surface area contributed by atoms with Crippen LogP contribution in [0.2, 0.25) is 0 Å². The molecule has 0 bridgehead atoms. The normalized spacial score (nSPS) is 12.0. The number of urea groups is 1. The van der Waals surface area contributed by atoms with E-state index in [2.05, 4.69) is 31.1 Å². The Morgan fingerprint density at radius 3 is 1.06 bits per heavy atom. The number of benzene rings is 6. The van der Waals surface area contributed by atoms with Crippen molar-refractivity contribution in [1.82, 2.24) is 0 Å². The molecule has 0 aromatic heterocycles. The molecular weight excluding hydrogens is 957 g/mol. The number of hydrogen-bond donors (Lipinski definition) is 2. The Kier molecular flexibility index (Phi) is 20.3. The molecular formula is C37H28N6Na4O13S4. The maximum absolute atomic E-state index is 13.2. The monoisotopic (exact) mass is 984 g/mol. The van der Waals surface area contributed by atoms with E-state index in [1.54, 1.807) is 52.0 Å². The van der Waals surface area contributed by atoms with Gasteiger partial charge < -0.3 is 28.8 Å². The quantitative estimate of drug-likeness (QED) is 0.0742. The second-order valence-electron chi connectivity index (χ2n) is 13.3. The molecule has 0 spiro atoms. The van der Waals surface area contributed by atoms with Crippen molar-refractivity contribution in [1.29, 1.82) is 0 Å². The Hall–Kier alpha value is -2.05. The topological polar surface area (TPSA) is 319 Å². The van der Waals surface area contributed by atoms with E-state index in [1.165, 1.54) is 12.1 Å². The number of nitrogens with one attached hydrogen (secondary N) is 2. The van der Waals surface area contributed by atoms with Gasteiger partial charge in [-0.25, -0.2) is 38.5 Å². The van der Waals surface area contributed by atoms with Crippen molar-refractivity contribution in [3.8, 4) is 0 Å². The van der Waals surface area contributed by atoms with E-state index in [0.717, 1.165) is 48.5 Å². The maximum atomic E-state index is 13.2. The second-order valence-corrected chi connectivity index (χ2v) is 18.7. The molecule has 0 radical (unpaired) electrons. The van der Waals surface area contributed by atoms with Gasteiger partial charge in [0.1, 0.15) is 40.5 Å². The molecule has 6 aromatic rings. The minimum atomic E-state index is -5.14. The molecule has 19 nitrogen and oxygen atoms in total. The molecule has 0 fully saturated rings. The van der Waals surface area contributed by atoms with Crippen LogP contribution in [0.1, 0.15) is 22.3 Å². The maximum Gasteiger partial charge on any atom is 1.00 e. The molecule has 0 saturated heterocycles. The first-order valence-corrected chi connectivity index (χ1v) is 22.6. The van der Waals surface area contributed by atoms with Crippen LogP contribution in [0.15, 0.2) is 125 Å². The van der Waals surface area contributed by atoms with Crippen molar-refractivity contribution >= 4 is 102 Å². The number of fused-ring (bicyclic) bond motifs is 2. The summed E-state index contributed by atoms with van der Waals surface area (Å²) in [6, 6.07) is 16.2. The summed E-state index contributed by atoms with van der Waals surface area (Å²) in [7, 11) is -20.4. The van der Waals surface area contributed by atoms with Crippen LogP contribution < -0.4 is 129 Å². The van der Waals surface area contributed by atoms with Gasteiger partial charge in [0.25, 0.3) is 0 Å². The molecule has 27 heteroatoms. The number of anilines is 2. The summed E-state index contributed by atoms with van der Waals surface area (Å²) >= 11 is 0. The van der Waals surface area contributed by atoms with E-state index in [0.29, 0.717) is 33.6 Å². The Labute approximate surface area is 456 Å². The fourth-order valence-corrected chi connectivity index (χ4v) is 8.96. The Morgan fingerprint density at radius 2 is 0.750 bits per heavy atom. The van der Waals surface area contributed by atoms with Crippen LogP contribution in [0.3, 0.4) is 0 Å². The summed E-state index contributed by atoms with van der Waals surface area (Å²) < 4.78 is 144. The Balaban J connectivity index is 0.00000352. The minimum Gasteiger partial charge on any atom is -0.744 e. The molecule has 0 saturated carbocycles. The molecule has 0 aliphatic rings. The van der Waals surface area contributed by atoms with E-state index >= 15 is 0 Å². The predicted molar refractivity (Wildman–Crippen MR) is 213 cm³/mol. The predicted octanol–water partition coefficient (Wildman–Crippen LogP) is -4.67. The summed E-state index contributed by atoms with van der Waals surface area (Å²) in [5, 5.41) is 20.5. The van der Waals surface area contributed by atoms with E-state index in [9.17, 15) is 56.7 Å². The van der Waals surface area contributed by atoms with Crippen molar-refractivity contribution in [2.75, 3.05) is 10.6 Å². The molecule has 2 N–H and O–H groups in total. The molecule has 0 aliphatic carbocycles. The van der Waals surface area contributed by atoms with Gasteiger partial charge in [0, 0.05) is 32.9 Å². The van der Waals surface area contributed by atoms with Crippen molar-refractivity contribution in [3.63, 3.8) is 0 Å². The first-order valence-electron chi connectivity index (χ1n) is 16.9. The largest absolute Gasteiger partial charge is 1.00 e. The van der Waals surface area contributed by atoms with Gasteiger partial charge in [-0.15, -0.1) is 0 Å². The number of nitrogens with zero attached hydrogens (tertiary/aromatic N) is 4. The van der Waals surface area contributed by atoms with Crippen molar-refractivity contribution < 1.29 is 175 Å². The third-order valence-electron chi connectivity index (χ3n) is 9.01. The fourth-order valence-electron chi connectivity index (χ4n) is 6.17. The first-order chi connectivity index (χ1) is 27.8. The van der Waals surface area contributed by atoms with Gasteiger partial charge in [-0.05, 0) is 111 Å². The zero-order valence-corrected chi connectivity index (χ0v) is 46.6. The summed E-state index contributed by atoms with van der Waals surface area (Å²) in [6.45, 7) is 6.57. The number of carbonyl (C=O) groups is 1. The van der Waals surface area contributed by atoms with E-state index in [4.69, 9.17) is 0 Å². The van der Waals surface area contributed by atoms with Crippen LogP contribution >= 0.6 is 0 Å². The summed E-state index contributed by atoms with van der Waals surface area (Å²) in [6.07, 6.45) is 0. The number of hydrogen-bond acceptors (Lipinski definition) is 17. The van der Waals surface area contributed by atoms with Crippen LogP contribution in [0.5, 0.6) is 0 Å². The van der Waals surface area contributed by atoms with Crippen LogP contribution in [-0.2, 0) is 40.5 Å². The Bertz CT molecular complexity index is 3140. The minimum absolute atomic E-state index is 0. The van der Waals surface area contributed by atoms with Gasteiger partial charge >= 0.3 is 124 Å².